The molecule has 0 radical (unpaired) electrons. The average Bonchev–Trinajstić information content (AvgIpc) is 2.71. The Hall–Kier alpha value is -2.33. The Balaban J connectivity index is 0.000000606. The SMILES string of the molecule is CC.CCN(C(C)C)C(C)C.COC(=O)c1ccc(O)c(Cc2ccccc2)c1. The molecule has 0 atom stereocenters. The van der Waals surface area contributed by atoms with E-state index in [9.17, 15) is 9.90 Å². The minimum Gasteiger partial charge on any atom is -0.508 e. The zero-order chi connectivity index (χ0) is 22.4. The van der Waals surface area contributed by atoms with Crippen LogP contribution in [-0.2, 0) is 11.2 Å². The van der Waals surface area contributed by atoms with Gasteiger partial charge in [0.15, 0.2) is 0 Å². The van der Waals surface area contributed by atoms with E-state index in [1.165, 1.54) is 13.2 Å². The number of ether oxygens (including phenoxy) is 1. The van der Waals surface area contributed by atoms with Gasteiger partial charge in [-0.2, -0.15) is 0 Å². The summed E-state index contributed by atoms with van der Waals surface area (Å²) in [6.45, 7) is 16.3. The summed E-state index contributed by atoms with van der Waals surface area (Å²) in [4.78, 5) is 13.9. The molecule has 0 spiro atoms. The fraction of sp³-hybridized carbons (Fsp3) is 0.480. The zero-order valence-electron chi connectivity index (χ0n) is 19.4. The highest BCUT2D eigenvalue weighted by Gasteiger charge is 2.10. The highest BCUT2D eigenvalue weighted by Crippen LogP contribution is 2.22. The van der Waals surface area contributed by atoms with Crippen LogP contribution in [0.5, 0.6) is 5.75 Å². The lowest BCUT2D eigenvalue weighted by Gasteiger charge is -2.28. The lowest BCUT2D eigenvalue weighted by atomic mass is 10.0. The van der Waals surface area contributed by atoms with Crippen molar-refractivity contribution in [2.75, 3.05) is 13.7 Å². The minimum atomic E-state index is -0.399. The first-order chi connectivity index (χ1) is 13.8. The molecule has 0 aliphatic heterocycles. The van der Waals surface area contributed by atoms with E-state index in [0.717, 1.165) is 12.1 Å². The van der Waals surface area contributed by atoms with Gasteiger partial charge in [-0.25, -0.2) is 4.79 Å². The number of aromatic hydroxyl groups is 1. The third kappa shape index (κ3) is 9.62. The van der Waals surface area contributed by atoms with Crippen molar-refractivity contribution in [1.82, 2.24) is 4.90 Å². The lowest BCUT2D eigenvalue weighted by molar-refractivity contribution is 0.0600. The van der Waals surface area contributed by atoms with Crippen LogP contribution >= 0.6 is 0 Å². The maximum absolute atomic E-state index is 11.4. The molecule has 4 nitrogen and oxygen atoms in total. The number of phenols is 1. The van der Waals surface area contributed by atoms with Gasteiger partial charge < -0.3 is 9.84 Å². The summed E-state index contributed by atoms with van der Waals surface area (Å²) in [5, 5.41) is 9.80. The van der Waals surface area contributed by atoms with Crippen LogP contribution in [0.25, 0.3) is 0 Å². The van der Waals surface area contributed by atoms with E-state index in [2.05, 4.69) is 44.3 Å². The number of nitrogens with zero attached hydrogens (tertiary/aromatic N) is 1. The van der Waals surface area contributed by atoms with Gasteiger partial charge in [-0.1, -0.05) is 51.1 Å². The number of carbonyl (C=O) groups excluding carboxylic acids is 1. The molecule has 0 fully saturated rings. The second-order valence-corrected chi connectivity index (χ2v) is 7.02. The van der Waals surface area contributed by atoms with E-state index < -0.39 is 5.97 Å². The number of rotatable bonds is 6. The van der Waals surface area contributed by atoms with Crippen molar-refractivity contribution in [2.45, 2.75) is 67.0 Å². The Labute approximate surface area is 177 Å². The van der Waals surface area contributed by atoms with Gasteiger partial charge in [-0.05, 0) is 63.6 Å². The molecule has 0 unspecified atom stereocenters. The molecule has 2 rings (SSSR count). The Morgan fingerprint density at radius 3 is 1.97 bits per heavy atom. The summed E-state index contributed by atoms with van der Waals surface area (Å²) in [6, 6.07) is 15.9. The molecular weight excluding hydrogens is 362 g/mol. The molecular formula is C25H39NO3. The molecule has 0 bridgehead atoms. The molecule has 2 aromatic carbocycles. The molecule has 0 aromatic heterocycles. The van der Waals surface area contributed by atoms with Crippen molar-refractivity contribution >= 4 is 5.97 Å². The lowest BCUT2D eigenvalue weighted by Crippen LogP contribution is -2.36. The maximum atomic E-state index is 11.4. The first-order valence-electron chi connectivity index (χ1n) is 10.5. The zero-order valence-corrected chi connectivity index (χ0v) is 19.4. The van der Waals surface area contributed by atoms with E-state index in [4.69, 9.17) is 0 Å². The van der Waals surface area contributed by atoms with Crippen LogP contribution in [0.4, 0.5) is 0 Å². The first kappa shape index (κ1) is 26.7. The summed E-state index contributed by atoms with van der Waals surface area (Å²) < 4.78 is 4.66. The Bertz CT molecular complexity index is 688. The van der Waals surface area contributed by atoms with E-state index >= 15 is 0 Å². The third-order valence-electron chi connectivity index (χ3n) is 4.43. The van der Waals surface area contributed by atoms with Gasteiger partial charge in [0.25, 0.3) is 0 Å². The van der Waals surface area contributed by atoms with Crippen molar-refractivity contribution in [3.05, 3.63) is 65.2 Å². The van der Waals surface area contributed by atoms with Crippen molar-refractivity contribution < 1.29 is 14.6 Å². The number of benzene rings is 2. The van der Waals surface area contributed by atoms with Crippen molar-refractivity contribution in [3.8, 4) is 5.75 Å². The molecule has 1 N–H and O–H groups in total. The first-order valence-corrected chi connectivity index (χ1v) is 10.5. The van der Waals surface area contributed by atoms with E-state index in [-0.39, 0.29) is 5.75 Å². The summed E-state index contributed by atoms with van der Waals surface area (Å²) in [5.41, 5.74) is 2.24. The van der Waals surface area contributed by atoms with E-state index in [1.54, 1.807) is 12.1 Å². The Morgan fingerprint density at radius 1 is 1.00 bits per heavy atom. The summed E-state index contributed by atoms with van der Waals surface area (Å²) in [7, 11) is 1.34. The Kier molecular flexibility index (Phi) is 13.5. The largest absolute Gasteiger partial charge is 0.508 e. The molecule has 0 heterocycles. The summed E-state index contributed by atoms with van der Waals surface area (Å²) >= 11 is 0. The summed E-state index contributed by atoms with van der Waals surface area (Å²) in [6.07, 6.45) is 0.581. The van der Waals surface area contributed by atoms with Crippen molar-refractivity contribution in [3.63, 3.8) is 0 Å². The highest BCUT2D eigenvalue weighted by molar-refractivity contribution is 5.89. The molecule has 0 saturated heterocycles. The van der Waals surface area contributed by atoms with E-state index in [1.807, 2.05) is 44.2 Å². The quantitative estimate of drug-likeness (QED) is 0.610. The smallest absolute Gasteiger partial charge is 0.337 e. The second-order valence-electron chi connectivity index (χ2n) is 7.02. The molecule has 0 aliphatic carbocycles. The average molecular weight is 402 g/mol. The standard InChI is InChI=1S/C15H14O3.C8H19N.C2H6/c1-18-15(17)12-7-8-14(16)13(10-12)9-11-5-3-2-4-6-11;1-6-9(7(2)3)8(4)5;1-2/h2-8,10,16H,9H2,1H3;7-8H,6H2,1-5H3;1-2H3. The molecule has 2 aromatic rings. The number of hydrogen-bond acceptors (Lipinski definition) is 4. The highest BCUT2D eigenvalue weighted by atomic mass is 16.5. The summed E-state index contributed by atoms with van der Waals surface area (Å²) in [5.74, 6) is -0.212. The predicted molar refractivity (Wildman–Crippen MR) is 123 cm³/mol. The third-order valence-corrected chi connectivity index (χ3v) is 4.43. The topological polar surface area (TPSA) is 49.8 Å². The van der Waals surface area contributed by atoms with Gasteiger partial charge in [-0.15, -0.1) is 0 Å². The van der Waals surface area contributed by atoms with Crippen LogP contribution in [0.15, 0.2) is 48.5 Å². The second kappa shape index (κ2) is 14.6. The van der Waals surface area contributed by atoms with Crippen LogP contribution < -0.4 is 0 Å². The van der Waals surface area contributed by atoms with Crippen LogP contribution in [0.1, 0.15) is 70.0 Å². The van der Waals surface area contributed by atoms with Gasteiger partial charge >= 0.3 is 5.97 Å². The van der Waals surface area contributed by atoms with Crippen LogP contribution in [-0.4, -0.2) is 41.7 Å². The minimum absolute atomic E-state index is 0.187. The normalized spacial score (nSPS) is 10.2. The maximum Gasteiger partial charge on any atom is 0.337 e. The van der Waals surface area contributed by atoms with Crippen molar-refractivity contribution in [1.29, 1.82) is 0 Å². The van der Waals surface area contributed by atoms with Gasteiger partial charge in [0.1, 0.15) is 5.75 Å². The van der Waals surface area contributed by atoms with E-state index in [0.29, 0.717) is 29.6 Å². The molecule has 162 valence electrons. The fourth-order valence-corrected chi connectivity index (χ4v) is 3.11. The van der Waals surface area contributed by atoms with Crippen molar-refractivity contribution in [2.24, 2.45) is 0 Å². The molecule has 4 heteroatoms. The molecule has 0 aliphatic rings. The van der Waals surface area contributed by atoms with Gasteiger partial charge in [0.05, 0.1) is 12.7 Å². The molecule has 29 heavy (non-hydrogen) atoms. The molecule has 0 saturated carbocycles. The van der Waals surface area contributed by atoms with Crippen LogP contribution in [0.3, 0.4) is 0 Å². The van der Waals surface area contributed by atoms with Gasteiger partial charge in [0, 0.05) is 18.5 Å². The number of phenolic OH excluding ortho intramolecular Hbond substituents is 1. The fourth-order valence-electron chi connectivity index (χ4n) is 3.11. The number of esters is 1. The Morgan fingerprint density at radius 2 is 1.55 bits per heavy atom. The number of methoxy groups -OCH3 is 1. The number of hydrogen-bond donors (Lipinski definition) is 1. The van der Waals surface area contributed by atoms with Crippen LogP contribution in [0.2, 0.25) is 0 Å². The molecule has 0 amide bonds. The predicted octanol–water partition coefficient (Wildman–Crippen LogP) is 5.92. The van der Waals surface area contributed by atoms with Gasteiger partial charge in [-0.3, -0.25) is 4.90 Å². The number of carbonyl (C=O) groups is 1. The van der Waals surface area contributed by atoms with Crippen LogP contribution in [0, 0.1) is 0 Å². The monoisotopic (exact) mass is 401 g/mol. The van der Waals surface area contributed by atoms with Gasteiger partial charge in [0.2, 0.25) is 0 Å².